The van der Waals surface area contributed by atoms with Crippen LogP contribution < -0.4 is 5.32 Å². The van der Waals surface area contributed by atoms with Gasteiger partial charge in [0.15, 0.2) is 0 Å². The minimum absolute atomic E-state index is 0.139. The Hall–Kier alpha value is -1.36. The van der Waals surface area contributed by atoms with Gasteiger partial charge in [0, 0.05) is 17.8 Å². The Bertz CT molecular complexity index is 296. The summed E-state index contributed by atoms with van der Waals surface area (Å²) in [4.78, 5) is 10.6. The van der Waals surface area contributed by atoms with Gasteiger partial charge in [0.2, 0.25) is 0 Å². The van der Waals surface area contributed by atoms with Crippen LogP contribution in [0.4, 0.5) is 0 Å². The Morgan fingerprint density at radius 1 is 1.62 bits per heavy atom. The largest absolute Gasteiger partial charge is 0.480 e. The molecule has 70 valence electrons. The number of nitrogens with zero attached hydrogens (tertiary/aromatic N) is 1. The van der Waals surface area contributed by atoms with Crippen molar-refractivity contribution in [2.24, 2.45) is 0 Å². The molecule has 0 aromatic carbocycles. The lowest BCUT2D eigenvalue weighted by Gasteiger charge is -2.08. The molecule has 1 aromatic rings. The van der Waals surface area contributed by atoms with E-state index in [9.17, 15) is 4.79 Å². The molecular formula is C8H11N3O2. The number of carboxylic acids is 1. The van der Waals surface area contributed by atoms with Crippen LogP contribution in [-0.4, -0.2) is 27.3 Å². The average molecular weight is 181 g/mol. The summed E-state index contributed by atoms with van der Waals surface area (Å²) >= 11 is 0. The molecule has 0 spiro atoms. The van der Waals surface area contributed by atoms with Gasteiger partial charge in [-0.05, 0) is 12.8 Å². The number of nitrogens with one attached hydrogen (secondary N) is 2. The molecule has 1 fully saturated rings. The van der Waals surface area contributed by atoms with Gasteiger partial charge in [0.25, 0.3) is 0 Å². The van der Waals surface area contributed by atoms with E-state index in [-0.39, 0.29) is 6.04 Å². The molecule has 2 rings (SSSR count). The summed E-state index contributed by atoms with van der Waals surface area (Å²) in [6, 6.07) is -0.264. The fourth-order valence-electron chi connectivity index (χ4n) is 1.65. The Balaban J connectivity index is 2.03. The number of aromatic amines is 1. The van der Waals surface area contributed by atoms with E-state index in [1.165, 1.54) is 0 Å². The minimum Gasteiger partial charge on any atom is -0.480 e. The summed E-state index contributed by atoms with van der Waals surface area (Å²) in [5, 5.41) is 18.3. The van der Waals surface area contributed by atoms with Crippen molar-refractivity contribution in [3.05, 3.63) is 18.0 Å². The molecule has 13 heavy (non-hydrogen) atoms. The highest BCUT2D eigenvalue weighted by molar-refractivity contribution is 5.73. The van der Waals surface area contributed by atoms with Crippen LogP contribution in [0.15, 0.2) is 12.4 Å². The number of H-pyrrole nitrogens is 1. The summed E-state index contributed by atoms with van der Waals surface area (Å²) in [5.41, 5.74) is 1.03. The first-order valence-corrected chi connectivity index (χ1v) is 4.25. The molecule has 0 aliphatic carbocycles. The summed E-state index contributed by atoms with van der Waals surface area (Å²) < 4.78 is 0. The summed E-state index contributed by atoms with van der Waals surface area (Å²) in [6.07, 6.45) is 5.06. The van der Waals surface area contributed by atoms with Crippen LogP contribution in [0.5, 0.6) is 0 Å². The topological polar surface area (TPSA) is 78.0 Å². The summed E-state index contributed by atoms with van der Waals surface area (Å²) in [7, 11) is 0. The molecule has 1 saturated heterocycles. The molecule has 2 atom stereocenters. The maximum absolute atomic E-state index is 10.6. The molecule has 3 N–H and O–H groups in total. The SMILES string of the molecule is O=C(O)C1CCC(c2cn[nH]c2)N1. The lowest BCUT2D eigenvalue weighted by atomic mass is 10.1. The summed E-state index contributed by atoms with van der Waals surface area (Å²) in [5.74, 6) is -0.772. The van der Waals surface area contributed by atoms with Crippen molar-refractivity contribution in [3.8, 4) is 0 Å². The van der Waals surface area contributed by atoms with Crippen LogP contribution in [0.25, 0.3) is 0 Å². The third-order valence-electron chi connectivity index (χ3n) is 2.37. The first-order chi connectivity index (χ1) is 6.27. The maximum atomic E-state index is 10.6. The van der Waals surface area contributed by atoms with E-state index in [1.807, 2.05) is 0 Å². The predicted molar refractivity (Wildman–Crippen MR) is 45.1 cm³/mol. The lowest BCUT2D eigenvalue weighted by molar-refractivity contribution is -0.139. The number of hydrogen-bond donors (Lipinski definition) is 3. The van der Waals surface area contributed by atoms with Gasteiger partial charge in [0.05, 0.1) is 6.20 Å². The van der Waals surface area contributed by atoms with E-state index in [1.54, 1.807) is 12.4 Å². The van der Waals surface area contributed by atoms with E-state index in [4.69, 9.17) is 5.11 Å². The van der Waals surface area contributed by atoms with Gasteiger partial charge in [0.1, 0.15) is 6.04 Å². The molecule has 0 radical (unpaired) electrons. The van der Waals surface area contributed by atoms with Gasteiger partial charge in [-0.1, -0.05) is 0 Å². The molecule has 2 heterocycles. The second-order valence-corrected chi connectivity index (χ2v) is 3.22. The molecule has 5 heteroatoms. The van der Waals surface area contributed by atoms with E-state index in [2.05, 4.69) is 15.5 Å². The van der Waals surface area contributed by atoms with E-state index >= 15 is 0 Å². The van der Waals surface area contributed by atoms with Crippen molar-refractivity contribution in [2.75, 3.05) is 0 Å². The zero-order chi connectivity index (χ0) is 9.26. The van der Waals surface area contributed by atoms with Crippen LogP contribution >= 0.6 is 0 Å². The Labute approximate surface area is 75.2 Å². The number of hydrogen-bond acceptors (Lipinski definition) is 3. The molecular weight excluding hydrogens is 170 g/mol. The van der Waals surface area contributed by atoms with Gasteiger partial charge < -0.3 is 5.11 Å². The first kappa shape index (κ1) is 8.25. The van der Waals surface area contributed by atoms with E-state index < -0.39 is 12.0 Å². The third-order valence-corrected chi connectivity index (χ3v) is 2.37. The third kappa shape index (κ3) is 1.55. The second-order valence-electron chi connectivity index (χ2n) is 3.22. The van der Waals surface area contributed by atoms with Gasteiger partial charge in [-0.3, -0.25) is 15.2 Å². The molecule has 5 nitrogen and oxygen atoms in total. The van der Waals surface area contributed by atoms with Gasteiger partial charge in [-0.2, -0.15) is 5.10 Å². The summed E-state index contributed by atoms with van der Waals surface area (Å²) in [6.45, 7) is 0. The van der Waals surface area contributed by atoms with Crippen molar-refractivity contribution in [3.63, 3.8) is 0 Å². The Morgan fingerprint density at radius 2 is 2.46 bits per heavy atom. The number of aromatic nitrogens is 2. The van der Waals surface area contributed by atoms with E-state index in [0.717, 1.165) is 12.0 Å². The lowest BCUT2D eigenvalue weighted by Crippen LogP contribution is -2.31. The van der Waals surface area contributed by atoms with Gasteiger partial charge in [-0.15, -0.1) is 0 Å². The van der Waals surface area contributed by atoms with Crippen molar-refractivity contribution in [2.45, 2.75) is 24.9 Å². The standard InChI is InChI=1S/C8H11N3O2/c12-8(13)7-2-1-6(11-7)5-3-9-10-4-5/h3-4,6-7,11H,1-2H2,(H,9,10)(H,12,13). The molecule has 1 aliphatic rings. The fourth-order valence-corrected chi connectivity index (χ4v) is 1.65. The van der Waals surface area contributed by atoms with Crippen LogP contribution in [-0.2, 0) is 4.79 Å². The van der Waals surface area contributed by atoms with Crippen molar-refractivity contribution >= 4 is 5.97 Å². The van der Waals surface area contributed by atoms with Crippen molar-refractivity contribution in [1.82, 2.24) is 15.5 Å². The average Bonchev–Trinajstić information content (AvgIpc) is 2.75. The Morgan fingerprint density at radius 3 is 3.00 bits per heavy atom. The zero-order valence-corrected chi connectivity index (χ0v) is 7.03. The van der Waals surface area contributed by atoms with Crippen LogP contribution in [0.3, 0.4) is 0 Å². The monoisotopic (exact) mass is 181 g/mol. The molecule has 0 amide bonds. The molecule has 1 aromatic heterocycles. The highest BCUT2D eigenvalue weighted by Gasteiger charge is 2.29. The van der Waals surface area contributed by atoms with Crippen LogP contribution in [0, 0.1) is 0 Å². The highest BCUT2D eigenvalue weighted by atomic mass is 16.4. The van der Waals surface area contributed by atoms with Gasteiger partial charge in [-0.25, -0.2) is 0 Å². The highest BCUT2D eigenvalue weighted by Crippen LogP contribution is 2.25. The van der Waals surface area contributed by atoms with Crippen LogP contribution in [0.2, 0.25) is 0 Å². The number of aliphatic carboxylic acids is 1. The van der Waals surface area contributed by atoms with Crippen LogP contribution in [0.1, 0.15) is 24.4 Å². The van der Waals surface area contributed by atoms with Crippen molar-refractivity contribution < 1.29 is 9.90 Å². The molecule has 1 aliphatic heterocycles. The smallest absolute Gasteiger partial charge is 0.320 e. The fraction of sp³-hybridized carbons (Fsp3) is 0.500. The van der Waals surface area contributed by atoms with E-state index in [0.29, 0.717) is 6.42 Å². The normalized spacial score (nSPS) is 27.7. The number of carbonyl (C=O) groups is 1. The predicted octanol–water partition coefficient (Wildman–Crippen LogP) is 0.287. The van der Waals surface area contributed by atoms with Crippen molar-refractivity contribution in [1.29, 1.82) is 0 Å². The maximum Gasteiger partial charge on any atom is 0.320 e. The Kier molecular flexibility index (Phi) is 2.02. The number of carboxylic acid groups (broad SMARTS) is 1. The molecule has 0 saturated carbocycles. The quantitative estimate of drug-likeness (QED) is 0.612. The molecule has 0 bridgehead atoms. The molecule has 2 unspecified atom stereocenters. The number of rotatable bonds is 2. The van der Waals surface area contributed by atoms with Gasteiger partial charge >= 0.3 is 5.97 Å². The first-order valence-electron chi connectivity index (χ1n) is 4.25. The minimum atomic E-state index is -0.772. The second kappa shape index (κ2) is 3.18. The zero-order valence-electron chi connectivity index (χ0n) is 7.03.